The van der Waals surface area contributed by atoms with Crippen molar-refractivity contribution in [2.75, 3.05) is 12.3 Å². The van der Waals surface area contributed by atoms with E-state index in [-0.39, 0.29) is 0 Å². The summed E-state index contributed by atoms with van der Waals surface area (Å²) in [6, 6.07) is 0. The smallest absolute Gasteiger partial charge is 0.0207 e. The topological polar surface area (TPSA) is 0 Å². The Bertz CT molecular complexity index is 101. The van der Waals surface area contributed by atoms with E-state index in [9.17, 15) is 0 Å². The monoisotopic (exact) mass is 206 g/mol. The van der Waals surface area contributed by atoms with Crippen molar-refractivity contribution in [3.8, 4) is 0 Å². The summed E-state index contributed by atoms with van der Waals surface area (Å²) in [7, 11) is 2.27. The molecule has 0 fully saturated rings. The fourth-order valence-corrected chi connectivity index (χ4v) is 3.37. The molecule has 0 rings (SSSR count). The quantitative estimate of drug-likeness (QED) is 0.484. The van der Waals surface area contributed by atoms with E-state index in [1.807, 2.05) is 0 Å². The van der Waals surface area contributed by atoms with E-state index in [4.69, 9.17) is 0 Å². The Morgan fingerprint density at radius 1 is 0.667 bits per heavy atom. The van der Waals surface area contributed by atoms with Gasteiger partial charge < -0.3 is 0 Å². The van der Waals surface area contributed by atoms with E-state index in [0.717, 1.165) is 17.2 Å². The lowest BCUT2D eigenvalue weighted by atomic mass is 10.3. The van der Waals surface area contributed by atoms with Crippen LogP contribution in [0.2, 0.25) is 0 Å². The minimum atomic E-state index is 0.558. The second-order valence-corrected chi connectivity index (χ2v) is 10.1. The molecule has 0 radical (unpaired) electrons. The predicted molar refractivity (Wildman–Crippen MR) is 65.9 cm³/mol. The summed E-state index contributed by atoms with van der Waals surface area (Å²) in [6.07, 6.45) is 2.86. The molecule has 0 aromatic rings. The van der Waals surface area contributed by atoms with Crippen LogP contribution in [0.5, 0.6) is 0 Å². The molecule has 0 aromatic heterocycles. The maximum absolute atomic E-state index is 2.34. The average molecular weight is 206 g/mol. The molecular weight excluding hydrogens is 182 g/mol. The summed E-state index contributed by atoms with van der Waals surface area (Å²) >= 11 is 0. The lowest BCUT2D eigenvalue weighted by Crippen LogP contribution is -2.09. The van der Waals surface area contributed by atoms with Gasteiger partial charge in [-0.1, -0.05) is 41.5 Å². The Balaban J connectivity index is 3.35. The molecule has 0 aliphatic carbocycles. The molecule has 0 aliphatic rings. The molecular formula is C10H24P2. The Kier molecular flexibility index (Phi) is 5.27. The summed E-state index contributed by atoms with van der Waals surface area (Å²) in [5.41, 5.74) is 0. The molecule has 0 amide bonds. The maximum atomic E-state index is 2.34. The summed E-state index contributed by atoms with van der Waals surface area (Å²) < 4.78 is 0. The maximum Gasteiger partial charge on any atom is -0.0207 e. The first-order valence-corrected chi connectivity index (χ1v) is 7.12. The van der Waals surface area contributed by atoms with Gasteiger partial charge >= 0.3 is 0 Å². The highest BCUT2D eigenvalue weighted by atomic mass is 31.1. The third kappa shape index (κ3) is 10.9. The minimum absolute atomic E-state index is 0.558. The van der Waals surface area contributed by atoms with E-state index in [2.05, 4.69) is 41.5 Å². The lowest BCUT2D eigenvalue weighted by molar-refractivity contribution is 0.788. The van der Waals surface area contributed by atoms with E-state index in [1.54, 1.807) is 0 Å². The van der Waals surface area contributed by atoms with Crippen LogP contribution in [-0.2, 0) is 0 Å². The highest BCUT2D eigenvalue weighted by molar-refractivity contribution is 7.44. The van der Waals surface area contributed by atoms with Crippen LogP contribution in [0.4, 0.5) is 0 Å². The highest BCUT2D eigenvalue weighted by Crippen LogP contribution is 2.35. The SMILES string of the molecule is CC(C)(C)PCCPC(C)(C)C. The Labute approximate surface area is 81.9 Å². The van der Waals surface area contributed by atoms with E-state index in [0.29, 0.717) is 10.3 Å². The van der Waals surface area contributed by atoms with Crippen LogP contribution < -0.4 is 0 Å². The molecule has 0 saturated heterocycles. The molecule has 74 valence electrons. The van der Waals surface area contributed by atoms with Gasteiger partial charge in [0, 0.05) is 0 Å². The zero-order valence-corrected chi connectivity index (χ0v) is 11.4. The van der Waals surface area contributed by atoms with Crippen LogP contribution in [0, 0.1) is 0 Å². The summed E-state index contributed by atoms with van der Waals surface area (Å²) in [6.45, 7) is 14.0. The van der Waals surface area contributed by atoms with Crippen molar-refractivity contribution in [2.24, 2.45) is 0 Å². The van der Waals surface area contributed by atoms with Crippen molar-refractivity contribution in [3.05, 3.63) is 0 Å². The van der Waals surface area contributed by atoms with Gasteiger partial charge in [0.05, 0.1) is 0 Å². The normalized spacial score (nSPS) is 15.5. The second-order valence-electron chi connectivity index (χ2n) is 5.35. The Hall–Kier alpha value is 0.860. The van der Waals surface area contributed by atoms with E-state index < -0.39 is 0 Å². The van der Waals surface area contributed by atoms with Crippen LogP contribution >= 0.6 is 17.2 Å². The molecule has 2 atom stereocenters. The fraction of sp³-hybridized carbons (Fsp3) is 1.00. The van der Waals surface area contributed by atoms with Crippen molar-refractivity contribution in [1.82, 2.24) is 0 Å². The molecule has 0 saturated carbocycles. The van der Waals surface area contributed by atoms with Crippen molar-refractivity contribution in [2.45, 2.75) is 51.9 Å². The van der Waals surface area contributed by atoms with Gasteiger partial charge in [0.25, 0.3) is 0 Å². The van der Waals surface area contributed by atoms with Crippen molar-refractivity contribution < 1.29 is 0 Å². The third-order valence-corrected chi connectivity index (χ3v) is 5.06. The van der Waals surface area contributed by atoms with Crippen LogP contribution in [0.15, 0.2) is 0 Å². The summed E-state index contributed by atoms with van der Waals surface area (Å²) in [4.78, 5) is 0. The number of hydrogen-bond donors (Lipinski definition) is 0. The minimum Gasteiger partial charge on any atom is -0.116 e. The first-order chi connectivity index (χ1) is 5.21. The first kappa shape index (κ1) is 12.9. The first-order valence-electron chi connectivity index (χ1n) is 4.71. The molecule has 0 spiro atoms. The van der Waals surface area contributed by atoms with Gasteiger partial charge in [-0.3, -0.25) is 0 Å². The molecule has 0 nitrogen and oxygen atoms in total. The molecule has 0 heterocycles. The summed E-state index contributed by atoms with van der Waals surface area (Å²) in [5.74, 6) is 0. The molecule has 2 heteroatoms. The van der Waals surface area contributed by atoms with Crippen molar-refractivity contribution in [3.63, 3.8) is 0 Å². The zero-order chi connectivity index (χ0) is 9.83. The van der Waals surface area contributed by atoms with E-state index >= 15 is 0 Å². The molecule has 0 aliphatic heterocycles. The van der Waals surface area contributed by atoms with Crippen molar-refractivity contribution >= 4 is 17.2 Å². The molecule has 0 N–H and O–H groups in total. The van der Waals surface area contributed by atoms with Crippen LogP contribution in [0.3, 0.4) is 0 Å². The van der Waals surface area contributed by atoms with Crippen LogP contribution in [0.1, 0.15) is 41.5 Å². The average Bonchev–Trinajstić information content (AvgIpc) is 1.76. The summed E-state index contributed by atoms with van der Waals surface area (Å²) in [5, 5.41) is 1.12. The number of hydrogen-bond acceptors (Lipinski definition) is 0. The fourth-order valence-electron chi connectivity index (χ4n) is 0.875. The largest absolute Gasteiger partial charge is 0.116 e. The molecule has 2 unspecified atom stereocenters. The van der Waals surface area contributed by atoms with Gasteiger partial charge in [-0.25, -0.2) is 0 Å². The van der Waals surface area contributed by atoms with E-state index in [1.165, 1.54) is 12.3 Å². The molecule has 0 aromatic carbocycles. The standard InChI is InChI=1S/C10H24P2/c1-9(2,3)11-7-8-12-10(4,5)6/h11-12H,7-8H2,1-6H3. The number of rotatable bonds is 3. The zero-order valence-electron chi connectivity index (χ0n) is 9.41. The lowest BCUT2D eigenvalue weighted by Gasteiger charge is -2.21. The molecule has 0 bridgehead atoms. The van der Waals surface area contributed by atoms with Gasteiger partial charge in [-0.15, -0.1) is 17.2 Å². The Morgan fingerprint density at radius 3 is 1.08 bits per heavy atom. The predicted octanol–water partition coefficient (Wildman–Crippen LogP) is 3.94. The Morgan fingerprint density at radius 2 is 0.917 bits per heavy atom. The highest BCUT2D eigenvalue weighted by Gasteiger charge is 2.12. The second kappa shape index (κ2) is 4.92. The molecule has 12 heavy (non-hydrogen) atoms. The van der Waals surface area contributed by atoms with Crippen LogP contribution in [0.25, 0.3) is 0 Å². The van der Waals surface area contributed by atoms with Crippen LogP contribution in [-0.4, -0.2) is 22.6 Å². The third-order valence-electron chi connectivity index (χ3n) is 1.44. The van der Waals surface area contributed by atoms with Gasteiger partial charge in [-0.05, 0) is 22.6 Å². The van der Waals surface area contributed by atoms with Gasteiger partial charge in [0.2, 0.25) is 0 Å². The van der Waals surface area contributed by atoms with Gasteiger partial charge in [0.15, 0.2) is 0 Å². The van der Waals surface area contributed by atoms with Crippen molar-refractivity contribution in [1.29, 1.82) is 0 Å². The van der Waals surface area contributed by atoms with Gasteiger partial charge in [0.1, 0.15) is 0 Å². The van der Waals surface area contributed by atoms with Gasteiger partial charge in [-0.2, -0.15) is 0 Å².